The smallest absolute Gasteiger partial charge is 0.271 e. The van der Waals surface area contributed by atoms with Gasteiger partial charge in [0, 0.05) is 23.4 Å². The van der Waals surface area contributed by atoms with Crippen LogP contribution in [0, 0.1) is 15.9 Å². The highest BCUT2D eigenvalue weighted by Crippen LogP contribution is 2.22. The van der Waals surface area contributed by atoms with Gasteiger partial charge in [-0.1, -0.05) is 17.8 Å². The Morgan fingerprint density at radius 1 is 1.13 bits per heavy atom. The Morgan fingerprint density at radius 3 is 2.70 bits per heavy atom. The number of nitro benzene ring substituents is 1. The molecule has 9 nitrogen and oxygen atoms in total. The number of rotatable bonds is 6. The van der Waals surface area contributed by atoms with Gasteiger partial charge >= 0.3 is 0 Å². The third kappa shape index (κ3) is 4.25. The number of hydrogen-bond acceptors (Lipinski definition) is 7. The summed E-state index contributed by atoms with van der Waals surface area (Å²) >= 11 is 1.19. The summed E-state index contributed by atoms with van der Waals surface area (Å²) in [6.45, 7) is 0. The number of fused-ring (bicyclic) bond motifs is 1. The van der Waals surface area contributed by atoms with Crippen LogP contribution in [0.2, 0.25) is 0 Å². The van der Waals surface area contributed by atoms with E-state index in [-0.39, 0.29) is 23.2 Å². The van der Waals surface area contributed by atoms with Gasteiger partial charge in [-0.15, -0.1) is 10.2 Å². The summed E-state index contributed by atoms with van der Waals surface area (Å²) < 4.78 is 14.7. The minimum atomic E-state index is -0.526. The van der Waals surface area contributed by atoms with Crippen molar-refractivity contribution in [3.63, 3.8) is 0 Å². The van der Waals surface area contributed by atoms with Gasteiger partial charge in [-0.3, -0.25) is 14.9 Å². The quantitative estimate of drug-likeness (QED) is 0.286. The summed E-state index contributed by atoms with van der Waals surface area (Å²) in [6.07, 6.45) is 0. The highest BCUT2D eigenvalue weighted by Gasteiger charge is 2.12. The minimum Gasteiger partial charge on any atom is -0.325 e. The zero-order valence-corrected chi connectivity index (χ0v) is 16.0. The second-order valence-electron chi connectivity index (χ2n) is 6.12. The number of halogens is 1. The zero-order chi connectivity index (χ0) is 21.1. The van der Waals surface area contributed by atoms with Gasteiger partial charge in [0.25, 0.3) is 5.69 Å². The Hall–Kier alpha value is -3.86. The largest absolute Gasteiger partial charge is 0.325 e. The first-order valence-corrected chi connectivity index (χ1v) is 9.64. The molecular weight excluding hydrogens is 411 g/mol. The van der Waals surface area contributed by atoms with Gasteiger partial charge in [0.15, 0.2) is 11.5 Å². The van der Waals surface area contributed by atoms with Gasteiger partial charge in [-0.05, 0) is 42.5 Å². The number of non-ortho nitro benzene ring substituents is 1. The number of carbonyl (C=O) groups excluding carboxylic acids is 1. The Morgan fingerprint density at radius 2 is 1.93 bits per heavy atom. The Balaban J connectivity index is 1.47. The van der Waals surface area contributed by atoms with Crippen LogP contribution in [0.15, 0.2) is 65.7 Å². The average molecular weight is 424 g/mol. The Bertz CT molecular complexity index is 1240. The third-order valence-corrected chi connectivity index (χ3v) is 4.95. The maximum atomic E-state index is 13.2. The molecule has 4 aromatic rings. The number of nitrogens with zero attached hydrogens (tertiary/aromatic N) is 5. The maximum Gasteiger partial charge on any atom is 0.271 e. The Labute approximate surface area is 173 Å². The minimum absolute atomic E-state index is 0.0508. The van der Waals surface area contributed by atoms with Crippen LogP contribution in [0.25, 0.3) is 17.0 Å². The van der Waals surface area contributed by atoms with E-state index in [1.165, 1.54) is 46.6 Å². The first-order valence-electron chi connectivity index (χ1n) is 8.65. The lowest BCUT2D eigenvalue weighted by molar-refractivity contribution is -0.384. The lowest BCUT2D eigenvalue weighted by atomic mass is 10.2. The molecule has 0 aliphatic carbocycles. The first-order chi connectivity index (χ1) is 14.5. The molecule has 0 aliphatic rings. The number of hydrogen-bond donors (Lipinski definition) is 1. The summed E-state index contributed by atoms with van der Waals surface area (Å²) in [5.74, 6) is -0.181. The number of anilines is 1. The molecule has 2 heterocycles. The molecule has 0 bridgehead atoms. The number of aromatic nitrogens is 4. The van der Waals surface area contributed by atoms with Crippen LogP contribution in [0.3, 0.4) is 0 Å². The fourth-order valence-electron chi connectivity index (χ4n) is 2.66. The van der Waals surface area contributed by atoms with E-state index < -0.39 is 4.92 Å². The molecule has 30 heavy (non-hydrogen) atoms. The summed E-state index contributed by atoms with van der Waals surface area (Å²) in [6, 6.07) is 15.0. The molecule has 0 radical (unpaired) electrons. The number of thioether (sulfide) groups is 1. The fraction of sp³-hybridized carbons (Fsp3) is 0.0526. The highest BCUT2D eigenvalue weighted by molar-refractivity contribution is 7.99. The van der Waals surface area contributed by atoms with Gasteiger partial charge in [0.1, 0.15) is 10.8 Å². The third-order valence-electron chi connectivity index (χ3n) is 4.03. The van der Waals surface area contributed by atoms with Crippen molar-refractivity contribution in [3.05, 3.63) is 76.6 Å². The molecule has 0 unspecified atom stereocenters. The lowest BCUT2D eigenvalue weighted by Gasteiger charge is -2.05. The maximum absolute atomic E-state index is 13.2. The van der Waals surface area contributed by atoms with Crippen LogP contribution in [0.5, 0.6) is 0 Å². The van der Waals surface area contributed by atoms with E-state index in [0.29, 0.717) is 27.7 Å². The van der Waals surface area contributed by atoms with Crippen molar-refractivity contribution in [2.24, 2.45) is 0 Å². The molecule has 4 rings (SSSR count). The molecular formula is C19H13FN6O3S. The molecule has 0 saturated carbocycles. The van der Waals surface area contributed by atoms with E-state index in [1.54, 1.807) is 30.3 Å². The molecule has 0 aliphatic heterocycles. The van der Waals surface area contributed by atoms with Gasteiger partial charge in [0.05, 0.1) is 10.7 Å². The summed E-state index contributed by atoms with van der Waals surface area (Å²) in [7, 11) is 0. The second-order valence-corrected chi connectivity index (χ2v) is 7.11. The second kappa shape index (κ2) is 8.25. The van der Waals surface area contributed by atoms with Crippen molar-refractivity contribution in [1.29, 1.82) is 0 Å². The van der Waals surface area contributed by atoms with E-state index in [9.17, 15) is 19.3 Å². The van der Waals surface area contributed by atoms with E-state index >= 15 is 0 Å². The summed E-state index contributed by atoms with van der Waals surface area (Å²) in [5, 5.41) is 26.6. The van der Waals surface area contributed by atoms with Crippen molar-refractivity contribution in [3.8, 4) is 11.4 Å². The van der Waals surface area contributed by atoms with Crippen LogP contribution < -0.4 is 5.32 Å². The van der Waals surface area contributed by atoms with Crippen LogP contribution in [0.4, 0.5) is 15.8 Å². The van der Waals surface area contributed by atoms with Crippen molar-refractivity contribution >= 4 is 34.7 Å². The molecule has 0 atom stereocenters. The highest BCUT2D eigenvalue weighted by atomic mass is 32.2. The van der Waals surface area contributed by atoms with Crippen molar-refractivity contribution in [2.75, 3.05) is 11.1 Å². The number of benzene rings is 2. The zero-order valence-electron chi connectivity index (χ0n) is 15.2. The molecule has 2 aromatic carbocycles. The van der Waals surface area contributed by atoms with Gasteiger partial charge in [-0.25, -0.2) is 4.39 Å². The van der Waals surface area contributed by atoms with Crippen molar-refractivity contribution in [1.82, 2.24) is 19.8 Å². The topological polar surface area (TPSA) is 115 Å². The standard InChI is InChI=1S/C19H13FN6O3S/c20-13-6-4-12(5-7-13)19-23-22-16-8-9-18(24-25(16)19)30-11-17(27)21-14-2-1-3-15(10-14)26(28)29/h1-10H,11H2,(H,21,27). The number of nitrogens with one attached hydrogen (secondary N) is 1. The number of carbonyl (C=O) groups is 1. The van der Waals surface area contributed by atoms with E-state index in [4.69, 9.17) is 0 Å². The predicted octanol–water partition coefficient (Wildman–Crippen LogP) is 3.57. The fourth-order valence-corrected chi connectivity index (χ4v) is 3.32. The van der Waals surface area contributed by atoms with Crippen LogP contribution in [-0.2, 0) is 4.79 Å². The number of amides is 1. The molecule has 0 saturated heterocycles. The van der Waals surface area contributed by atoms with Crippen LogP contribution in [-0.4, -0.2) is 36.4 Å². The molecule has 0 spiro atoms. The molecule has 0 fully saturated rings. The van der Waals surface area contributed by atoms with E-state index in [2.05, 4.69) is 20.6 Å². The molecule has 11 heteroatoms. The number of nitro groups is 1. The first kappa shape index (κ1) is 19.5. The molecule has 1 N–H and O–H groups in total. The van der Waals surface area contributed by atoms with Gasteiger partial charge in [0.2, 0.25) is 5.91 Å². The molecule has 2 aromatic heterocycles. The summed E-state index contributed by atoms with van der Waals surface area (Å²) in [5.41, 5.74) is 1.41. The molecule has 1 amide bonds. The monoisotopic (exact) mass is 424 g/mol. The summed E-state index contributed by atoms with van der Waals surface area (Å²) in [4.78, 5) is 22.5. The van der Waals surface area contributed by atoms with E-state index in [0.717, 1.165) is 0 Å². The average Bonchev–Trinajstić information content (AvgIpc) is 3.16. The molecule has 150 valence electrons. The lowest BCUT2D eigenvalue weighted by Crippen LogP contribution is -2.14. The van der Waals surface area contributed by atoms with E-state index in [1.807, 2.05) is 0 Å². The van der Waals surface area contributed by atoms with Crippen LogP contribution in [0.1, 0.15) is 0 Å². The Kier molecular flexibility index (Phi) is 5.35. The normalized spacial score (nSPS) is 10.8. The van der Waals surface area contributed by atoms with Gasteiger partial charge in [-0.2, -0.15) is 9.61 Å². The SMILES string of the molecule is O=C(CSc1ccc2nnc(-c3ccc(F)cc3)n2n1)Nc1cccc([N+](=O)[O-])c1. The van der Waals surface area contributed by atoms with Crippen LogP contribution >= 0.6 is 11.8 Å². The van der Waals surface area contributed by atoms with Gasteiger partial charge < -0.3 is 5.32 Å². The van der Waals surface area contributed by atoms with Crippen molar-refractivity contribution < 1.29 is 14.1 Å². The predicted molar refractivity (Wildman–Crippen MR) is 109 cm³/mol. The van der Waals surface area contributed by atoms with Crippen molar-refractivity contribution in [2.45, 2.75) is 5.03 Å².